The van der Waals surface area contributed by atoms with Crippen LogP contribution in [0.25, 0.3) is 11.3 Å². The van der Waals surface area contributed by atoms with Gasteiger partial charge in [0.1, 0.15) is 10.6 Å². The summed E-state index contributed by atoms with van der Waals surface area (Å²) in [6.45, 7) is 0. The number of thiazole rings is 1. The minimum atomic E-state index is -0.969. The van der Waals surface area contributed by atoms with Crippen molar-refractivity contribution in [2.75, 3.05) is 26.1 Å². The Kier molecular flexibility index (Phi) is 3.71. The third-order valence-corrected chi connectivity index (χ3v) is 3.75. The maximum atomic E-state index is 11.3. The number of aromatic carboxylic acids is 1. The van der Waals surface area contributed by atoms with E-state index in [0.717, 1.165) is 16.9 Å². The first-order valence-electron chi connectivity index (χ1n) is 5.58. The maximum Gasteiger partial charge on any atom is 0.348 e. The van der Waals surface area contributed by atoms with Gasteiger partial charge in [-0.1, -0.05) is 23.5 Å². The Morgan fingerprint density at radius 1 is 1.42 bits per heavy atom. The van der Waals surface area contributed by atoms with Gasteiger partial charge in [-0.2, -0.15) is 0 Å². The van der Waals surface area contributed by atoms with Gasteiger partial charge in [-0.05, 0) is 12.1 Å². The second-order valence-electron chi connectivity index (χ2n) is 4.11. The number of anilines is 1. The Morgan fingerprint density at radius 3 is 2.74 bits per heavy atom. The molecule has 6 heteroatoms. The van der Waals surface area contributed by atoms with E-state index in [0.29, 0.717) is 16.6 Å². The van der Waals surface area contributed by atoms with E-state index in [1.807, 2.05) is 32.3 Å². The highest BCUT2D eigenvalue weighted by Gasteiger charge is 2.19. The molecule has 0 bridgehead atoms. The third-order valence-electron chi connectivity index (χ3n) is 2.54. The lowest BCUT2D eigenvalue weighted by Crippen LogP contribution is -2.07. The molecule has 0 aliphatic carbocycles. The van der Waals surface area contributed by atoms with Gasteiger partial charge in [0.05, 0.1) is 12.8 Å². The molecule has 0 amide bonds. The second-order valence-corrected chi connectivity index (χ2v) is 5.08. The number of benzene rings is 1. The van der Waals surface area contributed by atoms with Crippen LogP contribution in [0, 0.1) is 0 Å². The van der Waals surface area contributed by atoms with E-state index in [-0.39, 0.29) is 4.88 Å². The molecule has 0 unspecified atom stereocenters. The molecule has 0 radical (unpaired) electrons. The number of hydrogen-bond donors (Lipinski definition) is 1. The normalized spacial score (nSPS) is 10.3. The van der Waals surface area contributed by atoms with Crippen molar-refractivity contribution < 1.29 is 14.6 Å². The minimum absolute atomic E-state index is 0.233. The number of ether oxygens (including phenoxy) is 1. The molecule has 1 N–H and O–H groups in total. The summed E-state index contributed by atoms with van der Waals surface area (Å²) in [7, 11) is 5.24. The summed E-state index contributed by atoms with van der Waals surface area (Å²) in [5, 5.41) is 9.93. The second kappa shape index (κ2) is 5.27. The maximum absolute atomic E-state index is 11.3. The molecular weight excluding hydrogens is 264 g/mol. The number of carbonyl (C=O) groups is 1. The van der Waals surface area contributed by atoms with Crippen molar-refractivity contribution in [3.05, 3.63) is 29.1 Å². The van der Waals surface area contributed by atoms with E-state index in [2.05, 4.69) is 4.98 Å². The largest absolute Gasteiger partial charge is 0.497 e. The van der Waals surface area contributed by atoms with Crippen molar-refractivity contribution in [1.29, 1.82) is 0 Å². The molecule has 0 aliphatic heterocycles. The van der Waals surface area contributed by atoms with E-state index in [1.165, 1.54) is 0 Å². The summed E-state index contributed by atoms with van der Waals surface area (Å²) in [5.41, 5.74) is 1.21. The fraction of sp³-hybridized carbons (Fsp3) is 0.231. The molecule has 1 aromatic carbocycles. The standard InChI is InChI=1S/C13H14N2O3S/c1-15(2)13-14-10(11(19-13)12(16)17)8-5-4-6-9(7-8)18-3/h4-7H,1-3H3,(H,16,17). The Hall–Kier alpha value is -2.08. The lowest BCUT2D eigenvalue weighted by atomic mass is 10.1. The Balaban J connectivity index is 2.56. The number of carboxylic acids is 1. The van der Waals surface area contributed by atoms with E-state index < -0.39 is 5.97 Å². The zero-order valence-corrected chi connectivity index (χ0v) is 11.7. The Labute approximate surface area is 115 Å². The third kappa shape index (κ3) is 2.68. The fourth-order valence-electron chi connectivity index (χ4n) is 1.61. The predicted octanol–water partition coefficient (Wildman–Crippen LogP) is 2.58. The molecule has 0 saturated carbocycles. The van der Waals surface area contributed by atoms with Crippen molar-refractivity contribution in [1.82, 2.24) is 4.98 Å². The van der Waals surface area contributed by atoms with Crippen LogP contribution in [0.2, 0.25) is 0 Å². The van der Waals surface area contributed by atoms with Gasteiger partial charge in [0.25, 0.3) is 0 Å². The lowest BCUT2D eigenvalue weighted by molar-refractivity contribution is 0.0702. The van der Waals surface area contributed by atoms with Gasteiger partial charge in [-0.15, -0.1) is 0 Å². The molecule has 0 atom stereocenters. The minimum Gasteiger partial charge on any atom is -0.497 e. The average Bonchev–Trinajstić information content (AvgIpc) is 2.84. The van der Waals surface area contributed by atoms with Crippen LogP contribution in [0.1, 0.15) is 9.67 Å². The number of hydrogen-bond acceptors (Lipinski definition) is 5. The summed E-state index contributed by atoms with van der Waals surface area (Å²) in [5.74, 6) is -0.295. The van der Waals surface area contributed by atoms with Crippen molar-refractivity contribution >= 4 is 22.4 Å². The molecular formula is C13H14N2O3S. The number of rotatable bonds is 4. The van der Waals surface area contributed by atoms with Crippen molar-refractivity contribution in [3.8, 4) is 17.0 Å². The van der Waals surface area contributed by atoms with Crippen LogP contribution in [-0.2, 0) is 0 Å². The van der Waals surface area contributed by atoms with Crippen molar-refractivity contribution in [2.24, 2.45) is 0 Å². The smallest absolute Gasteiger partial charge is 0.348 e. The highest BCUT2D eigenvalue weighted by atomic mass is 32.1. The van der Waals surface area contributed by atoms with Crippen LogP contribution >= 0.6 is 11.3 Å². The molecule has 5 nitrogen and oxygen atoms in total. The highest BCUT2D eigenvalue weighted by Crippen LogP contribution is 2.33. The molecule has 2 rings (SSSR count). The summed E-state index contributed by atoms with van der Waals surface area (Å²) in [6, 6.07) is 7.22. The zero-order valence-electron chi connectivity index (χ0n) is 10.9. The van der Waals surface area contributed by atoms with Crippen LogP contribution < -0.4 is 9.64 Å². The van der Waals surface area contributed by atoms with Gasteiger partial charge >= 0.3 is 5.97 Å². The van der Waals surface area contributed by atoms with Gasteiger partial charge < -0.3 is 14.7 Å². The molecule has 0 saturated heterocycles. The number of carboxylic acid groups (broad SMARTS) is 1. The molecule has 1 aromatic heterocycles. The summed E-state index contributed by atoms with van der Waals surface area (Å²) < 4.78 is 5.15. The molecule has 0 fully saturated rings. The topological polar surface area (TPSA) is 62.7 Å². The number of aromatic nitrogens is 1. The van der Waals surface area contributed by atoms with Gasteiger partial charge in [-0.25, -0.2) is 9.78 Å². The number of methoxy groups -OCH3 is 1. The van der Waals surface area contributed by atoms with E-state index in [1.54, 1.807) is 18.1 Å². The Morgan fingerprint density at radius 2 is 2.16 bits per heavy atom. The molecule has 0 aliphatic rings. The lowest BCUT2D eigenvalue weighted by Gasteiger charge is -2.05. The highest BCUT2D eigenvalue weighted by molar-refractivity contribution is 7.17. The van der Waals surface area contributed by atoms with Gasteiger partial charge in [0.15, 0.2) is 5.13 Å². The molecule has 1 heterocycles. The molecule has 2 aromatic rings. The van der Waals surface area contributed by atoms with Crippen molar-refractivity contribution in [3.63, 3.8) is 0 Å². The fourth-order valence-corrected chi connectivity index (χ4v) is 2.46. The first-order valence-corrected chi connectivity index (χ1v) is 6.40. The summed E-state index contributed by atoms with van der Waals surface area (Å²) >= 11 is 1.16. The van der Waals surface area contributed by atoms with E-state index in [9.17, 15) is 9.90 Å². The van der Waals surface area contributed by atoms with E-state index in [4.69, 9.17) is 4.74 Å². The zero-order chi connectivity index (χ0) is 14.0. The molecule has 0 spiro atoms. The van der Waals surface area contributed by atoms with E-state index >= 15 is 0 Å². The summed E-state index contributed by atoms with van der Waals surface area (Å²) in [4.78, 5) is 17.7. The van der Waals surface area contributed by atoms with Gasteiger partial charge in [0, 0.05) is 19.7 Å². The number of nitrogens with zero attached hydrogens (tertiary/aromatic N) is 2. The first-order chi connectivity index (χ1) is 9.02. The monoisotopic (exact) mass is 278 g/mol. The Bertz CT molecular complexity index is 608. The van der Waals surface area contributed by atoms with Crippen LogP contribution in [0.5, 0.6) is 5.75 Å². The van der Waals surface area contributed by atoms with Crippen LogP contribution in [0.4, 0.5) is 5.13 Å². The first kappa shape index (κ1) is 13.4. The summed E-state index contributed by atoms with van der Waals surface area (Å²) in [6.07, 6.45) is 0. The van der Waals surface area contributed by atoms with Gasteiger partial charge in [0.2, 0.25) is 0 Å². The predicted molar refractivity (Wildman–Crippen MR) is 75.4 cm³/mol. The van der Waals surface area contributed by atoms with Crippen molar-refractivity contribution in [2.45, 2.75) is 0 Å². The average molecular weight is 278 g/mol. The van der Waals surface area contributed by atoms with Gasteiger partial charge in [-0.3, -0.25) is 0 Å². The van der Waals surface area contributed by atoms with Crippen LogP contribution in [0.15, 0.2) is 24.3 Å². The van der Waals surface area contributed by atoms with Crippen LogP contribution in [0.3, 0.4) is 0 Å². The molecule has 100 valence electrons. The SMILES string of the molecule is COc1cccc(-c2nc(N(C)C)sc2C(=O)O)c1. The van der Waals surface area contributed by atoms with Crippen LogP contribution in [-0.4, -0.2) is 37.3 Å². The molecule has 19 heavy (non-hydrogen) atoms. The quantitative estimate of drug-likeness (QED) is 0.931.